The average molecular weight is 1130 g/mol. The summed E-state index contributed by atoms with van der Waals surface area (Å²) in [6.07, 6.45) is 89.1. The molecule has 0 aromatic rings. The molecule has 0 saturated carbocycles. The molecule has 0 rings (SSSR count). The van der Waals surface area contributed by atoms with Gasteiger partial charge in [0.1, 0.15) is 19.8 Å². The number of unbranched alkanes of at least 4 members (excludes halogenated alkanes) is 15. The normalized spacial score (nSPS) is 14.3. The zero-order chi connectivity index (χ0) is 58.4. The summed E-state index contributed by atoms with van der Waals surface area (Å²) in [5.74, 6) is -0.857. The fourth-order valence-corrected chi connectivity index (χ4v) is 8.56. The largest absolute Gasteiger partial charge is 0.472 e. The first kappa shape index (κ1) is 75.6. The van der Waals surface area contributed by atoms with E-state index in [0.29, 0.717) is 23.9 Å². The number of quaternary nitrogens is 1. The second-order valence-corrected chi connectivity index (χ2v) is 22.8. The second-order valence-electron chi connectivity index (χ2n) is 21.3. The summed E-state index contributed by atoms with van der Waals surface area (Å²) < 4.78 is 34.5. The molecule has 80 heavy (non-hydrogen) atoms. The zero-order valence-corrected chi connectivity index (χ0v) is 52.1. The van der Waals surface area contributed by atoms with E-state index in [0.717, 1.165) is 116 Å². The van der Waals surface area contributed by atoms with Gasteiger partial charge in [-0.05, 0) is 122 Å². The van der Waals surface area contributed by atoms with Crippen LogP contribution in [0.15, 0.2) is 158 Å². The highest BCUT2D eigenvalue weighted by Crippen LogP contribution is 2.43. The maximum absolute atomic E-state index is 12.8. The molecule has 0 aromatic carbocycles. The van der Waals surface area contributed by atoms with Crippen LogP contribution in [0.4, 0.5) is 0 Å². The van der Waals surface area contributed by atoms with Gasteiger partial charge in [-0.3, -0.25) is 18.6 Å². The van der Waals surface area contributed by atoms with Gasteiger partial charge in [-0.15, -0.1) is 0 Å². The molecule has 0 fully saturated rings. The summed E-state index contributed by atoms with van der Waals surface area (Å²) in [5.41, 5.74) is 0. The molecule has 2 atom stereocenters. The van der Waals surface area contributed by atoms with Crippen molar-refractivity contribution in [3.8, 4) is 0 Å². The predicted molar refractivity (Wildman–Crippen MR) is 343 cm³/mol. The zero-order valence-electron chi connectivity index (χ0n) is 51.2. The number of carbonyl (C=O) groups excluding carboxylic acids is 2. The molecule has 452 valence electrons. The fourth-order valence-electron chi connectivity index (χ4n) is 7.82. The van der Waals surface area contributed by atoms with Crippen LogP contribution in [0, 0.1) is 0 Å². The van der Waals surface area contributed by atoms with Gasteiger partial charge in [0.05, 0.1) is 27.7 Å². The smallest absolute Gasteiger partial charge is 0.462 e. The first-order chi connectivity index (χ1) is 39.0. The number of phosphoric ester groups is 1. The van der Waals surface area contributed by atoms with Crippen LogP contribution in [0.5, 0.6) is 0 Å². The Morgan fingerprint density at radius 3 is 1.02 bits per heavy atom. The molecule has 0 aromatic heterocycles. The molecule has 0 aliphatic heterocycles. The highest BCUT2D eigenvalue weighted by Gasteiger charge is 2.27. The molecule has 10 heteroatoms. The van der Waals surface area contributed by atoms with Crippen LogP contribution in [0.25, 0.3) is 0 Å². The third kappa shape index (κ3) is 62.8. The summed E-state index contributed by atoms with van der Waals surface area (Å²) in [4.78, 5) is 35.6. The lowest BCUT2D eigenvalue weighted by molar-refractivity contribution is -0.870. The maximum atomic E-state index is 12.8. The minimum atomic E-state index is -4.40. The minimum absolute atomic E-state index is 0.0174. The van der Waals surface area contributed by atoms with Crippen LogP contribution in [0.1, 0.15) is 219 Å². The van der Waals surface area contributed by atoms with Crippen molar-refractivity contribution in [3.05, 3.63) is 158 Å². The van der Waals surface area contributed by atoms with Crippen molar-refractivity contribution in [2.75, 3.05) is 47.5 Å². The van der Waals surface area contributed by atoms with Crippen LogP contribution in [0.2, 0.25) is 0 Å². The molecule has 0 aliphatic carbocycles. The van der Waals surface area contributed by atoms with Crippen molar-refractivity contribution >= 4 is 19.8 Å². The molecule has 1 N–H and O–H groups in total. The Hall–Kier alpha value is -4.37. The number of hydrogen-bond donors (Lipinski definition) is 1. The van der Waals surface area contributed by atoms with Gasteiger partial charge in [-0.25, -0.2) is 4.57 Å². The third-order valence-electron chi connectivity index (χ3n) is 12.6. The molecule has 0 saturated heterocycles. The molecule has 0 bridgehead atoms. The summed E-state index contributed by atoms with van der Waals surface area (Å²) in [6, 6.07) is 0. The highest BCUT2D eigenvalue weighted by molar-refractivity contribution is 7.47. The van der Waals surface area contributed by atoms with Crippen molar-refractivity contribution < 1.29 is 42.1 Å². The Morgan fingerprint density at radius 2 is 0.675 bits per heavy atom. The fraction of sp³-hybridized carbons (Fsp3) is 0.600. The Balaban J connectivity index is 4.07. The monoisotopic (exact) mass is 1130 g/mol. The van der Waals surface area contributed by atoms with E-state index in [1.54, 1.807) is 0 Å². The topological polar surface area (TPSA) is 108 Å². The number of hydrogen-bond acceptors (Lipinski definition) is 7. The number of esters is 2. The summed E-state index contributed by atoms with van der Waals surface area (Å²) in [5, 5.41) is 0. The highest BCUT2D eigenvalue weighted by atomic mass is 31.2. The first-order valence-electron chi connectivity index (χ1n) is 31.2. The van der Waals surface area contributed by atoms with Crippen molar-refractivity contribution in [1.82, 2.24) is 0 Å². The van der Waals surface area contributed by atoms with Gasteiger partial charge < -0.3 is 18.9 Å². The molecule has 9 nitrogen and oxygen atoms in total. The van der Waals surface area contributed by atoms with E-state index >= 15 is 0 Å². The Kier molecular flexibility index (Phi) is 56.0. The van der Waals surface area contributed by atoms with Crippen molar-refractivity contribution in [1.29, 1.82) is 0 Å². The standard InChI is InChI=1S/C70H114NO8P/c1-6-8-10-12-14-16-18-20-22-23-24-25-26-27-28-29-30-31-32-33-34-35-36-37-38-39-40-41-42-43-44-45-46-47-49-51-53-55-57-59-61-63-70(73)79-68(67-78-80(74,75)77-65-64-71(3,4)5)66-76-69(72)62-60-58-56-54-52-50-48-21-19-17-15-13-11-9-7-2/h8-11,14-17,20-22,24-25,27-28,30-31,33-34,36-37,39-40,48,52,54,68H,6-7,12-13,18-19,23,26,29,32,35,38,41-47,49-51,53,55-67H2,1-5H3/p+1/b10-8-,11-9-,16-14-,17-15-,22-20-,25-24-,28-27-,31-30-,34-33-,37-36-,40-39-,48-21-,54-52-. The quantitative estimate of drug-likeness (QED) is 0.0211. The van der Waals surface area contributed by atoms with E-state index in [-0.39, 0.29) is 26.1 Å². The van der Waals surface area contributed by atoms with Crippen molar-refractivity contribution in [2.24, 2.45) is 0 Å². The number of nitrogens with zero attached hydrogens (tertiary/aromatic N) is 1. The van der Waals surface area contributed by atoms with Crippen molar-refractivity contribution in [3.63, 3.8) is 0 Å². The van der Waals surface area contributed by atoms with E-state index in [4.69, 9.17) is 18.5 Å². The molecular weight excluding hydrogens is 1010 g/mol. The van der Waals surface area contributed by atoms with E-state index < -0.39 is 32.5 Å². The van der Waals surface area contributed by atoms with Gasteiger partial charge in [-0.1, -0.05) is 242 Å². The van der Waals surface area contributed by atoms with E-state index in [1.807, 2.05) is 21.1 Å². The minimum Gasteiger partial charge on any atom is -0.462 e. The number of carbonyl (C=O) groups is 2. The van der Waals surface area contributed by atoms with E-state index in [2.05, 4.69) is 172 Å². The van der Waals surface area contributed by atoms with E-state index in [9.17, 15) is 19.0 Å². The molecule has 0 amide bonds. The number of rotatable bonds is 55. The van der Waals surface area contributed by atoms with Gasteiger partial charge in [0, 0.05) is 12.8 Å². The summed E-state index contributed by atoms with van der Waals surface area (Å²) >= 11 is 0. The lowest BCUT2D eigenvalue weighted by Gasteiger charge is -2.24. The van der Waals surface area contributed by atoms with Crippen LogP contribution in [0.3, 0.4) is 0 Å². The van der Waals surface area contributed by atoms with Gasteiger partial charge in [0.2, 0.25) is 0 Å². The van der Waals surface area contributed by atoms with Gasteiger partial charge in [-0.2, -0.15) is 0 Å². The molecule has 0 heterocycles. The lowest BCUT2D eigenvalue weighted by Crippen LogP contribution is -2.37. The van der Waals surface area contributed by atoms with Gasteiger partial charge in [0.25, 0.3) is 0 Å². The third-order valence-corrected chi connectivity index (χ3v) is 13.5. The molecular formula is C70H115NO8P+. The molecule has 0 radical (unpaired) electrons. The Labute approximate surface area is 490 Å². The molecule has 0 aliphatic rings. The van der Waals surface area contributed by atoms with Crippen molar-refractivity contribution in [2.45, 2.75) is 225 Å². The predicted octanol–water partition coefficient (Wildman–Crippen LogP) is 20.0. The average Bonchev–Trinajstić information content (AvgIpc) is 3.42. The number of ether oxygens (including phenoxy) is 2. The second kappa shape index (κ2) is 59.3. The van der Waals surface area contributed by atoms with Crippen LogP contribution < -0.4 is 0 Å². The Morgan fingerprint density at radius 1 is 0.388 bits per heavy atom. The first-order valence-corrected chi connectivity index (χ1v) is 32.7. The summed E-state index contributed by atoms with van der Waals surface area (Å²) in [7, 11) is 1.43. The lowest BCUT2D eigenvalue weighted by atomic mass is 10.0. The van der Waals surface area contributed by atoms with E-state index in [1.165, 1.54) is 64.2 Å². The number of likely N-dealkylation sites (N-methyl/N-ethyl adjacent to an activating group) is 1. The maximum Gasteiger partial charge on any atom is 0.472 e. The number of phosphoric acid groups is 1. The summed E-state index contributed by atoms with van der Waals surface area (Å²) in [6.45, 7) is 4.13. The van der Waals surface area contributed by atoms with Gasteiger partial charge >= 0.3 is 19.8 Å². The molecule has 0 spiro atoms. The van der Waals surface area contributed by atoms with Crippen LogP contribution >= 0.6 is 7.82 Å². The van der Waals surface area contributed by atoms with Crippen LogP contribution in [-0.2, 0) is 32.7 Å². The van der Waals surface area contributed by atoms with Crippen LogP contribution in [-0.4, -0.2) is 74.9 Å². The number of allylic oxidation sites excluding steroid dienone is 26. The van der Waals surface area contributed by atoms with Gasteiger partial charge in [0.15, 0.2) is 6.10 Å². The Bertz CT molecular complexity index is 1900. The molecule has 2 unspecified atom stereocenters. The SMILES string of the molecule is CC/C=C\C/C=C\C/C=C\C/C=C\C/C=C\C/C=C\C/C=C\C/C=C\C/C=C\CCCCCCCCCCCCCCCC(=O)OC(COC(=O)CCCC/C=C\C/C=C\C/C=C\C/C=C\CC)COP(=O)(O)OCC[N+](C)(C)C.